The molecule has 0 amide bonds. The molecule has 1 aliphatic heterocycles. The van der Waals surface area contributed by atoms with Gasteiger partial charge in [-0.15, -0.1) is 11.3 Å². The number of aromatic nitrogens is 1. The number of piperazine rings is 1. The third-order valence-electron chi connectivity index (χ3n) is 3.94. The molecule has 23 heavy (non-hydrogen) atoms. The van der Waals surface area contributed by atoms with Gasteiger partial charge in [0.1, 0.15) is 0 Å². The molecule has 5 nitrogen and oxygen atoms in total. The predicted molar refractivity (Wildman–Crippen MR) is 94.0 cm³/mol. The molecule has 1 aromatic heterocycles. The van der Waals surface area contributed by atoms with Crippen LogP contribution in [-0.2, 0) is 10.0 Å². The van der Waals surface area contributed by atoms with E-state index in [0.29, 0.717) is 35.4 Å². The van der Waals surface area contributed by atoms with Gasteiger partial charge < -0.3 is 4.90 Å². The summed E-state index contributed by atoms with van der Waals surface area (Å²) in [4.78, 5) is 6.20. The van der Waals surface area contributed by atoms with E-state index >= 15 is 0 Å². The van der Waals surface area contributed by atoms with Crippen molar-refractivity contribution in [2.75, 3.05) is 31.1 Å². The predicted octanol–water partition coefficient (Wildman–Crippen LogP) is 2.92. The van der Waals surface area contributed by atoms with E-state index in [4.69, 9.17) is 11.6 Å². The zero-order chi connectivity index (χ0) is 16.6. The van der Waals surface area contributed by atoms with Crippen LogP contribution in [0.1, 0.15) is 10.6 Å². The van der Waals surface area contributed by atoms with Gasteiger partial charge in [0.15, 0.2) is 4.21 Å². The van der Waals surface area contributed by atoms with Crippen LogP contribution in [0.25, 0.3) is 0 Å². The van der Waals surface area contributed by atoms with Crippen molar-refractivity contribution >= 4 is 38.6 Å². The van der Waals surface area contributed by atoms with Gasteiger partial charge in [-0.2, -0.15) is 4.31 Å². The molecule has 0 N–H and O–H groups in total. The van der Waals surface area contributed by atoms with Crippen LogP contribution in [0.5, 0.6) is 0 Å². The second-order valence-corrected chi connectivity index (χ2v) is 9.30. The summed E-state index contributed by atoms with van der Waals surface area (Å²) < 4.78 is 27.1. The topological polar surface area (TPSA) is 53.5 Å². The lowest BCUT2D eigenvalue weighted by Crippen LogP contribution is -2.48. The van der Waals surface area contributed by atoms with Crippen LogP contribution in [0.2, 0.25) is 5.02 Å². The smallest absolute Gasteiger partial charge is 0.254 e. The van der Waals surface area contributed by atoms with E-state index in [9.17, 15) is 8.42 Å². The van der Waals surface area contributed by atoms with Crippen molar-refractivity contribution in [1.82, 2.24) is 9.29 Å². The van der Waals surface area contributed by atoms with Gasteiger partial charge in [0, 0.05) is 26.2 Å². The lowest BCUT2D eigenvalue weighted by Gasteiger charge is -2.36. The second kappa shape index (κ2) is 6.39. The summed E-state index contributed by atoms with van der Waals surface area (Å²) in [6, 6.07) is 5.81. The van der Waals surface area contributed by atoms with Crippen molar-refractivity contribution in [1.29, 1.82) is 0 Å². The highest BCUT2D eigenvalue weighted by Crippen LogP contribution is 2.31. The summed E-state index contributed by atoms with van der Waals surface area (Å²) >= 11 is 7.52. The normalized spacial score (nSPS) is 16.7. The molecule has 0 radical (unpaired) electrons. The molecule has 0 bridgehead atoms. The Balaban J connectivity index is 1.76. The Kier molecular flexibility index (Phi) is 4.64. The van der Waals surface area contributed by atoms with Crippen LogP contribution in [-0.4, -0.2) is 43.9 Å². The molecular formula is C15H18ClN3O2S2. The number of hydrogen-bond acceptors (Lipinski definition) is 5. The quantitative estimate of drug-likeness (QED) is 0.832. The fourth-order valence-corrected chi connectivity index (χ4v) is 5.79. The van der Waals surface area contributed by atoms with Crippen LogP contribution in [0.15, 0.2) is 28.6 Å². The average molecular weight is 372 g/mol. The summed E-state index contributed by atoms with van der Waals surface area (Å²) in [5, 5.41) is 1.47. The van der Waals surface area contributed by atoms with Gasteiger partial charge in [0.25, 0.3) is 10.0 Å². The minimum absolute atomic E-state index is 0.317. The maximum atomic E-state index is 12.6. The monoisotopic (exact) mass is 371 g/mol. The molecule has 0 aliphatic carbocycles. The number of hydrogen-bond donors (Lipinski definition) is 0. The second-order valence-electron chi connectivity index (χ2n) is 5.49. The fraction of sp³-hybridized carbons (Fsp3) is 0.400. The molecule has 1 aromatic carbocycles. The Labute approximate surface area is 145 Å². The number of rotatable bonds is 3. The van der Waals surface area contributed by atoms with E-state index in [2.05, 4.69) is 9.88 Å². The molecule has 0 saturated carbocycles. The molecule has 1 saturated heterocycles. The minimum Gasteiger partial charge on any atom is -0.367 e. The van der Waals surface area contributed by atoms with E-state index in [1.165, 1.54) is 21.8 Å². The molecule has 1 aliphatic rings. The number of thiazole rings is 1. The first-order chi connectivity index (χ1) is 10.9. The summed E-state index contributed by atoms with van der Waals surface area (Å²) in [6.45, 7) is 5.98. The molecular weight excluding hydrogens is 354 g/mol. The number of para-hydroxylation sites is 1. The van der Waals surface area contributed by atoms with Crippen molar-refractivity contribution in [2.24, 2.45) is 0 Å². The van der Waals surface area contributed by atoms with Crippen molar-refractivity contribution in [3.63, 3.8) is 0 Å². The van der Waals surface area contributed by atoms with Gasteiger partial charge in [-0.3, -0.25) is 0 Å². The van der Waals surface area contributed by atoms with Crippen molar-refractivity contribution in [2.45, 2.75) is 18.1 Å². The number of halogens is 1. The van der Waals surface area contributed by atoms with E-state index in [1.54, 1.807) is 0 Å². The third kappa shape index (κ3) is 3.24. The zero-order valence-corrected chi connectivity index (χ0v) is 15.4. The Hall–Kier alpha value is -1.15. The van der Waals surface area contributed by atoms with Crippen LogP contribution < -0.4 is 4.90 Å². The first-order valence-electron chi connectivity index (χ1n) is 7.32. The zero-order valence-electron chi connectivity index (χ0n) is 13.0. The Morgan fingerprint density at radius 1 is 1.17 bits per heavy atom. The van der Waals surface area contributed by atoms with Gasteiger partial charge in [0.2, 0.25) is 0 Å². The van der Waals surface area contributed by atoms with Crippen LogP contribution in [0.4, 0.5) is 5.69 Å². The van der Waals surface area contributed by atoms with Crippen molar-refractivity contribution < 1.29 is 8.42 Å². The average Bonchev–Trinajstić information content (AvgIpc) is 2.95. The Morgan fingerprint density at radius 3 is 2.43 bits per heavy atom. The van der Waals surface area contributed by atoms with Crippen molar-refractivity contribution in [3.05, 3.63) is 40.0 Å². The summed E-state index contributed by atoms with van der Waals surface area (Å²) in [7, 11) is -3.44. The molecule has 0 unspecified atom stereocenters. The van der Waals surface area contributed by atoms with Crippen LogP contribution >= 0.6 is 22.9 Å². The Morgan fingerprint density at radius 2 is 1.87 bits per heavy atom. The van der Waals surface area contributed by atoms with Gasteiger partial charge in [-0.25, -0.2) is 13.4 Å². The number of aryl methyl sites for hydroxylation is 2. The molecule has 0 atom stereocenters. The first kappa shape index (κ1) is 16.7. The highest BCUT2D eigenvalue weighted by Gasteiger charge is 2.30. The largest absolute Gasteiger partial charge is 0.367 e. The maximum Gasteiger partial charge on any atom is 0.254 e. The number of anilines is 1. The van der Waals surface area contributed by atoms with E-state index in [-0.39, 0.29) is 0 Å². The first-order valence-corrected chi connectivity index (χ1v) is 9.95. The lowest BCUT2D eigenvalue weighted by atomic mass is 10.1. The molecule has 2 aromatic rings. The standard InChI is InChI=1S/C15H18ClN3O2S2/c1-11-4-3-5-13(16)15(11)18-6-8-19(9-7-18)23(20,21)14-10-17-12(2)22-14/h3-5,10H,6-9H2,1-2H3. The summed E-state index contributed by atoms with van der Waals surface area (Å²) in [5.41, 5.74) is 2.10. The van der Waals surface area contributed by atoms with Crippen LogP contribution in [0.3, 0.4) is 0 Å². The van der Waals surface area contributed by atoms with E-state index in [0.717, 1.165) is 16.3 Å². The minimum atomic E-state index is -3.44. The molecule has 0 spiro atoms. The summed E-state index contributed by atoms with van der Waals surface area (Å²) in [5.74, 6) is 0. The van der Waals surface area contributed by atoms with E-state index < -0.39 is 10.0 Å². The molecule has 2 heterocycles. The molecule has 3 rings (SSSR count). The lowest BCUT2D eigenvalue weighted by molar-refractivity contribution is 0.385. The van der Waals surface area contributed by atoms with Gasteiger partial charge >= 0.3 is 0 Å². The summed E-state index contributed by atoms with van der Waals surface area (Å²) in [6.07, 6.45) is 1.44. The molecule has 124 valence electrons. The number of sulfonamides is 1. The van der Waals surface area contributed by atoms with Gasteiger partial charge in [-0.05, 0) is 25.5 Å². The molecule has 1 fully saturated rings. The van der Waals surface area contributed by atoms with Gasteiger partial charge in [0.05, 0.1) is 21.9 Å². The SMILES string of the molecule is Cc1ncc(S(=O)(=O)N2CCN(c3c(C)cccc3Cl)CC2)s1. The fourth-order valence-electron chi connectivity index (χ4n) is 2.76. The van der Waals surface area contributed by atoms with Gasteiger partial charge in [-0.1, -0.05) is 23.7 Å². The Bertz CT molecular complexity index is 792. The molecule has 8 heteroatoms. The van der Waals surface area contributed by atoms with Crippen LogP contribution in [0, 0.1) is 13.8 Å². The number of benzene rings is 1. The maximum absolute atomic E-state index is 12.6. The number of nitrogens with zero attached hydrogens (tertiary/aromatic N) is 3. The third-order valence-corrected chi connectivity index (χ3v) is 7.49. The highest BCUT2D eigenvalue weighted by molar-refractivity contribution is 7.91. The highest BCUT2D eigenvalue weighted by atomic mass is 35.5. The van der Waals surface area contributed by atoms with Crippen molar-refractivity contribution in [3.8, 4) is 0 Å². The van der Waals surface area contributed by atoms with E-state index in [1.807, 2.05) is 32.0 Å².